The van der Waals surface area contributed by atoms with E-state index >= 15 is 0 Å². The third-order valence-electron chi connectivity index (χ3n) is 1.46. The number of carbonyl (C=O) groups excluding carboxylic acids is 1. The summed E-state index contributed by atoms with van der Waals surface area (Å²) in [7, 11) is 0. The van der Waals surface area contributed by atoms with Gasteiger partial charge in [0.05, 0.1) is 5.69 Å². The van der Waals surface area contributed by atoms with Crippen molar-refractivity contribution in [2.45, 2.75) is 6.92 Å². The SMILES string of the molecule is Cc1cc(F)cc(Br)c1NC=O. The van der Waals surface area contributed by atoms with Crippen molar-refractivity contribution in [3.63, 3.8) is 0 Å². The van der Waals surface area contributed by atoms with E-state index in [1.807, 2.05) is 0 Å². The molecular weight excluding hydrogens is 225 g/mol. The Labute approximate surface area is 77.9 Å². The van der Waals surface area contributed by atoms with Crippen LogP contribution in [0.5, 0.6) is 0 Å². The van der Waals surface area contributed by atoms with Gasteiger partial charge in [0, 0.05) is 4.47 Å². The van der Waals surface area contributed by atoms with Gasteiger partial charge >= 0.3 is 0 Å². The van der Waals surface area contributed by atoms with Gasteiger partial charge in [0.1, 0.15) is 5.82 Å². The number of hydrogen-bond donors (Lipinski definition) is 1. The van der Waals surface area contributed by atoms with Crippen LogP contribution >= 0.6 is 15.9 Å². The molecule has 0 saturated carbocycles. The van der Waals surface area contributed by atoms with Crippen molar-refractivity contribution < 1.29 is 9.18 Å². The Kier molecular flexibility index (Phi) is 2.81. The zero-order chi connectivity index (χ0) is 9.14. The number of nitrogens with one attached hydrogen (secondary N) is 1. The third kappa shape index (κ3) is 1.82. The van der Waals surface area contributed by atoms with Crippen LogP contribution in [0, 0.1) is 12.7 Å². The smallest absolute Gasteiger partial charge is 0.211 e. The standard InChI is InChI=1S/C8H7BrFNO/c1-5-2-6(10)3-7(9)8(5)11-4-12/h2-4H,1H3,(H,11,12). The Bertz CT molecular complexity index is 291. The van der Waals surface area contributed by atoms with Gasteiger partial charge < -0.3 is 5.32 Å². The zero-order valence-electron chi connectivity index (χ0n) is 6.40. The van der Waals surface area contributed by atoms with Crippen LogP contribution in [0.25, 0.3) is 0 Å². The number of rotatable bonds is 2. The maximum atomic E-state index is 12.7. The van der Waals surface area contributed by atoms with E-state index < -0.39 is 0 Å². The number of halogens is 2. The van der Waals surface area contributed by atoms with E-state index in [9.17, 15) is 9.18 Å². The van der Waals surface area contributed by atoms with Gasteiger partial charge in [-0.2, -0.15) is 0 Å². The number of carbonyl (C=O) groups is 1. The van der Waals surface area contributed by atoms with Crippen LogP contribution in [-0.4, -0.2) is 6.41 Å². The molecule has 0 heterocycles. The number of amides is 1. The fourth-order valence-corrected chi connectivity index (χ4v) is 1.59. The van der Waals surface area contributed by atoms with Crippen LogP contribution < -0.4 is 5.32 Å². The summed E-state index contributed by atoms with van der Waals surface area (Å²) in [6.07, 6.45) is 0.561. The summed E-state index contributed by atoms with van der Waals surface area (Å²) < 4.78 is 13.3. The van der Waals surface area contributed by atoms with Gasteiger partial charge in [-0.25, -0.2) is 4.39 Å². The summed E-state index contributed by atoms with van der Waals surface area (Å²) >= 11 is 3.14. The van der Waals surface area contributed by atoms with Crippen molar-refractivity contribution in [3.8, 4) is 0 Å². The molecule has 2 nitrogen and oxygen atoms in total. The van der Waals surface area contributed by atoms with Crippen LogP contribution in [0.3, 0.4) is 0 Å². The van der Waals surface area contributed by atoms with Crippen molar-refractivity contribution in [2.24, 2.45) is 0 Å². The Morgan fingerprint density at radius 2 is 2.25 bits per heavy atom. The Hall–Kier alpha value is -0.900. The number of aryl methyl sites for hydroxylation is 1. The molecule has 0 fully saturated rings. The molecule has 1 amide bonds. The van der Waals surface area contributed by atoms with Crippen LogP contribution in [0.4, 0.5) is 10.1 Å². The molecule has 0 aromatic heterocycles. The Morgan fingerprint density at radius 1 is 1.58 bits per heavy atom. The van der Waals surface area contributed by atoms with Crippen molar-refractivity contribution in [1.29, 1.82) is 0 Å². The van der Waals surface area contributed by atoms with Gasteiger partial charge in [-0.15, -0.1) is 0 Å². The summed E-state index contributed by atoms with van der Waals surface area (Å²) in [6.45, 7) is 1.72. The Balaban J connectivity index is 3.18. The second-order valence-corrected chi connectivity index (χ2v) is 3.20. The van der Waals surface area contributed by atoms with E-state index in [0.29, 0.717) is 22.1 Å². The second-order valence-electron chi connectivity index (χ2n) is 2.34. The molecular formula is C8H7BrFNO. The fraction of sp³-hybridized carbons (Fsp3) is 0.125. The minimum absolute atomic E-state index is 0.323. The van der Waals surface area contributed by atoms with Gasteiger partial charge in [0.2, 0.25) is 6.41 Å². The van der Waals surface area contributed by atoms with E-state index in [2.05, 4.69) is 21.2 Å². The first-order valence-electron chi connectivity index (χ1n) is 3.31. The third-order valence-corrected chi connectivity index (χ3v) is 2.08. The molecule has 1 N–H and O–H groups in total. The number of hydrogen-bond acceptors (Lipinski definition) is 1. The molecule has 12 heavy (non-hydrogen) atoms. The van der Waals surface area contributed by atoms with Gasteiger partial charge in [-0.3, -0.25) is 4.79 Å². The molecule has 0 unspecified atom stereocenters. The molecule has 0 atom stereocenters. The van der Waals surface area contributed by atoms with Crippen molar-refractivity contribution in [1.82, 2.24) is 0 Å². The molecule has 1 aromatic carbocycles. The second kappa shape index (κ2) is 3.67. The molecule has 64 valence electrons. The molecule has 0 aliphatic carbocycles. The maximum Gasteiger partial charge on any atom is 0.211 e. The van der Waals surface area contributed by atoms with E-state index in [1.54, 1.807) is 6.92 Å². The number of benzene rings is 1. The molecule has 1 aromatic rings. The summed E-state index contributed by atoms with van der Waals surface area (Å²) in [5.74, 6) is -0.323. The monoisotopic (exact) mass is 231 g/mol. The molecule has 1 rings (SSSR count). The van der Waals surface area contributed by atoms with E-state index in [-0.39, 0.29) is 5.82 Å². The highest BCUT2D eigenvalue weighted by Crippen LogP contribution is 2.26. The highest BCUT2D eigenvalue weighted by Gasteiger charge is 2.04. The average molecular weight is 232 g/mol. The summed E-state index contributed by atoms with van der Waals surface area (Å²) in [5.41, 5.74) is 1.29. The van der Waals surface area contributed by atoms with Gasteiger partial charge in [-0.05, 0) is 40.5 Å². The summed E-state index contributed by atoms with van der Waals surface area (Å²) in [4.78, 5) is 10.1. The molecule has 0 aliphatic heterocycles. The normalized spacial score (nSPS) is 9.58. The quantitative estimate of drug-likeness (QED) is 0.779. The zero-order valence-corrected chi connectivity index (χ0v) is 7.98. The van der Waals surface area contributed by atoms with Crippen LogP contribution in [0.1, 0.15) is 5.56 Å². The lowest BCUT2D eigenvalue weighted by molar-refractivity contribution is -0.105. The highest BCUT2D eigenvalue weighted by atomic mass is 79.9. The first-order chi connectivity index (χ1) is 5.65. The van der Waals surface area contributed by atoms with Crippen LogP contribution in [0.2, 0.25) is 0 Å². The first kappa shape index (κ1) is 9.19. The predicted molar refractivity (Wildman–Crippen MR) is 48.5 cm³/mol. The van der Waals surface area contributed by atoms with E-state index in [4.69, 9.17) is 0 Å². The Morgan fingerprint density at radius 3 is 2.75 bits per heavy atom. The van der Waals surface area contributed by atoms with E-state index in [0.717, 1.165) is 0 Å². The fourth-order valence-electron chi connectivity index (χ4n) is 0.944. The molecule has 0 aliphatic rings. The van der Waals surface area contributed by atoms with E-state index in [1.165, 1.54) is 12.1 Å². The minimum Gasteiger partial charge on any atom is -0.327 e. The van der Waals surface area contributed by atoms with Crippen molar-refractivity contribution in [2.75, 3.05) is 5.32 Å². The van der Waals surface area contributed by atoms with Gasteiger partial charge in [0.15, 0.2) is 0 Å². The lowest BCUT2D eigenvalue weighted by Gasteiger charge is -2.06. The molecule has 0 spiro atoms. The first-order valence-corrected chi connectivity index (χ1v) is 4.10. The minimum atomic E-state index is -0.323. The van der Waals surface area contributed by atoms with Crippen LogP contribution in [0.15, 0.2) is 16.6 Å². The lowest BCUT2D eigenvalue weighted by Crippen LogP contribution is -1.98. The average Bonchev–Trinajstić information content (AvgIpc) is 1.96. The van der Waals surface area contributed by atoms with Crippen molar-refractivity contribution >= 4 is 28.0 Å². The van der Waals surface area contributed by atoms with Crippen molar-refractivity contribution in [3.05, 3.63) is 28.0 Å². The lowest BCUT2D eigenvalue weighted by atomic mass is 10.2. The largest absolute Gasteiger partial charge is 0.327 e. The maximum absolute atomic E-state index is 12.7. The molecule has 0 saturated heterocycles. The number of anilines is 1. The molecule has 0 radical (unpaired) electrons. The predicted octanol–water partition coefficient (Wildman–Crippen LogP) is 2.46. The van der Waals surface area contributed by atoms with Gasteiger partial charge in [-0.1, -0.05) is 0 Å². The topological polar surface area (TPSA) is 29.1 Å². The summed E-state index contributed by atoms with van der Waals surface area (Å²) in [5, 5.41) is 2.48. The van der Waals surface area contributed by atoms with Gasteiger partial charge in [0.25, 0.3) is 0 Å². The molecule has 0 bridgehead atoms. The summed E-state index contributed by atoms with van der Waals surface area (Å²) in [6, 6.07) is 2.66. The molecule has 4 heteroatoms. The van der Waals surface area contributed by atoms with Crippen LogP contribution in [-0.2, 0) is 4.79 Å². The highest BCUT2D eigenvalue weighted by molar-refractivity contribution is 9.10.